The van der Waals surface area contributed by atoms with Crippen LogP contribution in [0.2, 0.25) is 0 Å². The largest absolute Gasteiger partial charge is 0.481 e. The molecule has 1 N–H and O–H groups in total. The molecule has 0 spiro atoms. The van der Waals surface area contributed by atoms with E-state index in [1.54, 1.807) is 11.0 Å². The van der Waals surface area contributed by atoms with Gasteiger partial charge in [-0.3, -0.25) is 0 Å². The topological polar surface area (TPSA) is 84.8 Å². The van der Waals surface area contributed by atoms with Gasteiger partial charge in [0.1, 0.15) is 6.04 Å². The van der Waals surface area contributed by atoms with E-state index in [2.05, 4.69) is 16.9 Å². The summed E-state index contributed by atoms with van der Waals surface area (Å²) in [6.45, 7) is 2.66. The zero-order chi connectivity index (χ0) is 14.7. The summed E-state index contributed by atoms with van der Waals surface area (Å²) in [5.74, 6) is 0.562. The minimum Gasteiger partial charge on any atom is -0.481 e. The first-order valence-corrected chi connectivity index (χ1v) is 6.51. The van der Waals surface area contributed by atoms with Crippen LogP contribution < -0.4 is 14.4 Å². The average molecular weight is 281 g/mol. The van der Waals surface area contributed by atoms with Crippen LogP contribution in [0, 0.1) is 5.92 Å². The summed E-state index contributed by atoms with van der Waals surface area (Å²) in [4.78, 5) is 21.6. The van der Waals surface area contributed by atoms with Gasteiger partial charge in [-0.2, -0.15) is 9.97 Å². The molecule has 110 valence electrons. The minimum absolute atomic E-state index is 0.334. The maximum absolute atomic E-state index is 11.4. The Labute approximate surface area is 117 Å². The minimum atomic E-state index is -0.859. The second kappa shape index (κ2) is 5.94. The van der Waals surface area contributed by atoms with Crippen LogP contribution in [0.5, 0.6) is 11.8 Å². The number of carboxylic acids is 1. The van der Waals surface area contributed by atoms with E-state index in [0.717, 1.165) is 6.42 Å². The molecule has 2 unspecified atom stereocenters. The molecule has 20 heavy (non-hydrogen) atoms. The number of nitrogens with zero attached hydrogens (tertiary/aromatic N) is 3. The normalized spacial score (nSPS) is 22.4. The Kier molecular flexibility index (Phi) is 4.26. The van der Waals surface area contributed by atoms with Crippen LogP contribution >= 0.6 is 0 Å². The summed E-state index contributed by atoms with van der Waals surface area (Å²) in [6.07, 6.45) is 1.49. The number of hydrogen-bond acceptors (Lipinski definition) is 6. The van der Waals surface area contributed by atoms with Crippen LogP contribution in [-0.4, -0.2) is 47.8 Å². The summed E-state index contributed by atoms with van der Waals surface area (Å²) in [5.41, 5.74) is 0. The van der Waals surface area contributed by atoms with E-state index < -0.39 is 12.0 Å². The molecular weight excluding hydrogens is 262 g/mol. The number of rotatable bonds is 4. The lowest BCUT2D eigenvalue weighted by Gasteiger charge is -2.36. The molecule has 1 aliphatic heterocycles. The maximum atomic E-state index is 11.4. The fraction of sp³-hybridized carbons (Fsp3) is 0.615. The van der Waals surface area contributed by atoms with Crippen molar-refractivity contribution in [2.75, 3.05) is 25.7 Å². The summed E-state index contributed by atoms with van der Waals surface area (Å²) in [6, 6.07) is 0.946. The maximum Gasteiger partial charge on any atom is 0.326 e. The van der Waals surface area contributed by atoms with E-state index >= 15 is 0 Å². The fourth-order valence-electron chi connectivity index (χ4n) is 2.34. The molecule has 0 aliphatic carbocycles. The predicted octanol–water partition coefficient (Wildman–Crippen LogP) is 1.18. The lowest BCUT2D eigenvalue weighted by atomic mass is 9.93. The van der Waals surface area contributed by atoms with Crippen LogP contribution in [0.4, 0.5) is 5.95 Å². The van der Waals surface area contributed by atoms with Crippen molar-refractivity contribution >= 4 is 11.9 Å². The lowest BCUT2D eigenvalue weighted by molar-refractivity contribution is -0.139. The van der Waals surface area contributed by atoms with Gasteiger partial charge in [0, 0.05) is 6.54 Å². The number of ether oxygens (including phenoxy) is 2. The SMILES string of the molecule is COc1cc(OC)nc(N2CCC(C)CC2C(=O)O)n1. The highest BCUT2D eigenvalue weighted by atomic mass is 16.5. The van der Waals surface area contributed by atoms with Gasteiger partial charge in [0.25, 0.3) is 0 Å². The van der Waals surface area contributed by atoms with Gasteiger partial charge in [-0.1, -0.05) is 6.92 Å². The molecule has 1 aromatic heterocycles. The number of aliphatic carboxylic acids is 1. The molecule has 0 amide bonds. The third kappa shape index (κ3) is 2.92. The molecule has 0 bridgehead atoms. The van der Waals surface area contributed by atoms with E-state index in [1.807, 2.05) is 0 Å². The first kappa shape index (κ1) is 14.4. The Balaban J connectivity index is 2.35. The Bertz CT molecular complexity index is 472. The van der Waals surface area contributed by atoms with E-state index in [1.165, 1.54) is 14.2 Å². The fourth-order valence-corrected chi connectivity index (χ4v) is 2.34. The van der Waals surface area contributed by atoms with Crippen LogP contribution in [0.25, 0.3) is 0 Å². The van der Waals surface area contributed by atoms with Crippen molar-refractivity contribution in [1.82, 2.24) is 9.97 Å². The molecule has 1 aromatic rings. The molecular formula is C13H19N3O4. The average Bonchev–Trinajstić information content (AvgIpc) is 2.46. The van der Waals surface area contributed by atoms with Crippen LogP contribution in [-0.2, 0) is 4.79 Å². The molecule has 0 radical (unpaired) electrons. The summed E-state index contributed by atoms with van der Waals surface area (Å²) in [7, 11) is 3.00. The Hall–Kier alpha value is -2.05. The first-order chi connectivity index (χ1) is 9.55. The molecule has 1 aliphatic rings. The van der Waals surface area contributed by atoms with E-state index in [0.29, 0.717) is 36.6 Å². The highest BCUT2D eigenvalue weighted by molar-refractivity contribution is 5.77. The second-order valence-corrected chi connectivity index (χ2v) is 4.93. The van der Waals surface area contributed by atoms with Crippen molar-refractivity contribution in [3.63, 3.8) is 0 Å². The number of carbonyl (C=O) groups is 1. The highest BCUT2D eigenvalue weighted by Crippen LogP contribution is 2.28. The van der Waals surface area contributed by atoms with Gasteiger partial charge >= 0.3 is 5.97 Å². The van der Waals surface area contributed by atoms with Crippen molar-refractivity contribution < 1.29 is 19.4 Å². The second-order valence-electron chi connectivity index (χ2n) is 4.93. The summed E-state index contributed by atoms with van der Waals surface area (Å²) < 4.78 is 10.2. The van der Waals surface area contributed by atoms with Gasteiger partial charge in [0.15, 0.2) is 0 Å². The molecule has 2 heterocycles. The van der Waals surface area contributed by atoms with Crippen molar-refractivity contribution in [1.29, 1.82) is 0 Å². The van der Waals surface area contributed by atoms with Crippen molar-refractivity contribution in [3.05, 3.63) is 6.07 Å². The highest BCUT2D eigenvalue weighted by Gasteiger charge is 2.33. The standard InChI is InChI=1S/C13H19N3O4/c1-8-4-5-16(9(6-8)12(17)18)13-14-10(19-2)7-11(15-13)20-3/h7-9H,4-6H2,1-3H3,(H,17,18). The molecule has 7 nitrogen and oxygen atoms in total. The van der Waals surface area contributed by atoms with E-state index in [9.17, 15) is 9.90 Å². The summed E-state index contributed by atoms with van der Waals surface area (Å²) in [5, 5.41) is 9.38. The van der Waals surface area contributed by atoms with E-state index in [-0.39, 0.29) is 0 Å². The molecule has 1 fully saturated rings. The number of carboxylic acid groups (broad SMARTS) is 1. The first-order valence-electron chi connectivity index (χ1n) is 6.51. The van der Waals surface area contributed by atoms with Crippen molar-refractivity contribution in [3.8, 4) is 11.8 Å². The number of aromatic nitrogens is 2. The molecule has 2 atom stereocenters. The van der Waals surface area contributed by atoms with Gasteiger partial charge < -0.3 is 19.5 Å². The van der Waals surface area contributed by atoms with Crippen LogP contribution in [0.3, 0.4) is 0 Å². The predicted molar refractivity (Wildman–Crippen MR) is 72.3 cm³/mol. The van der Waals surface area contributed by atoms with Gasteiger partial charge in [0.2, 0.25) is 17.7 Å². The third-order valence-electron chi connectivity index (χ3n) is 3.49. The van der Waals surface area contributed by atoms with Crippen LogP contribution in [0.1, 0.15) is 19.8 Å². The molecule has 0 saturated carbocycles. The number of piperidine rings is 1. The Morgan fingerprint density at radius 2 is 1.95 bits per heavy atom. The summed E-state index contributed by atoms with van der Waals surface area (Å²) >= 11 is 0. The number of hydrogen-bond donors (Lipinski definition) is 1. The molecule has 2 rings (SSSR count). The zero-order valence-corrected chi connectivity index (χ0v) is 11.9. The smallest absolute Gasteiger partial charge is 0.326 e. The van der Waals surface area contributed by atoms with Gasteiger partial charge in [-0.15, -0.1) is 0 Å². The third-order valence-corrected chi connectivity index (χ3v) is 3.49. The quantitative estimate of drug-likeness (QED) is 0.887. The molecule has 1 saturated heterocycles. The van der Waals surface area contributed by atoms with Crippen molar-refractivity contribution in [2.45, 2.75) is 25.8 Å². The van der Waals surface area contributed by atoms with Crippen LogP contribution in [0.15, 0.2) is 6.07 Å². The number of anilines is 1. The van der Waals surface area contributed by atoms with Crippen molar-refractivity contribution in [2.24, 2.45) is 5.92 Å². The van der Waals surface area contributed by atoms with Gasteiger partial charge in [0.05, 0.1) is 20.3 Å². The molecule has 7 heteroatoms. The van der Waals surface area contributed by atoms with Gasteiger partial charge in [-0.05, 0) is 18.8 Å². The monoisotopic (exact) mass is 281 g/mol. The Morgan fingerprint density at radius 3 is 2.45 bits per heavy atom. The molecule has 0 aromatic carbocycles. The van der Waals surface area contributed by atoms with Gasteiger partial charge in [-0.25, -0.2) is 4.79 Å². The van der Waals surface area contributed by atoms with E-state index in [4.69, 9.17) is 9.47 Å². The number of methoxy groups -OCH3 is 2. The lowest BCUT2D eigenvalue weighted by Crippen LogP contribution is -2.47. The zero-order valence-electron chi connectivity index (χ0n) is 11.9. The Morgan fingerprint density at radius 1 is 1.35 bits per heavy atom.